The van der Waals surface area contributed by atoms with E-state index in [2.05, 4.69) is 19.2 Å². The van der Waals surface area contributed by atoms with E-state index in [0.717, 1.165) is 37.1 Å². The minimum atomic E-state index is -0.673. The summed E-state index contributed by atoms with van der Waals surface area (Å²) < 4.78 is 11.2. The predicted molar refractivity (Wildman–Crippen MR) is 88.2 cm³/mol. The van der Waals surface area contributed by atoms with Gasteiger partial charge in [0.1, 0.15) is 11.4 Å². The van der Waals surface area contributed by atoms with Gasteiger partial charge >= 0.3 is 0 Å². The molecule has 4 heteroatoms. The van der Waals surface area contributed by atoms with E-state index in [-0.39, 0.29) is 5.91 Å². The molecule has 0 heterocycles. The summed E-state index contributed by atoms with van der Waals surface area (Å²) in [5, 5.41) is 3.01. The molecule has 1 aromatic rings. The van der Waals surface area contributed by atoms with Gasteiger partial charge in [-0.3, -0.25) is 4.79 Å². The molecule has 2 atom stereocenters. The largest absolute Gasteiger partial charge is 0.497 e. The summed E-state index contributed by atoms with van der Waals surface area (Å²) in [5.74, 6) is 1.28. The van der Waals surface area contributed by atoms with Crippen molar-refractivity contribution in [2.45, 2.75) is 51.6 Å². The van der Waals surface area contributed by atoms with Gasteiger partial charge in [-0.2, -0.15) is 0 Å². The first-order valence-electron chi connectivity index (χ1n) is 8.19. The first-order chi connectivity index (χ1) is 10.6. The zero-order chi connectivity index (χ0) is 16.0. The highest BCUT2D eigenvalue weighted by molar-refractivity contribution is 5.97. The number of carbonyl (C=O) groups excluding carboxylic acids is 1. The van der Waals surface area contributed by atoms with Gasteiger partial charge in [0.25, 0.3) is 5.91 Å². The minimum absolute atomic E-state index is 0.0160. The highest BCUT2D eigenvalue weighted by atomic mass is 16.5. The molecule has 0 radical (unpaired) electrons. The number of hydrogen-bond donors (Lipinski definition) is 1. The molecule has 1 fully saturated rings. The summed E-state index contributed by atoms with van der Waals surface area (Å²) in [6.45, 7) is 4.90. The third-order valence-electron chi connectivity index (χ3n) is 4.30. The van der Waals surface area contributed by atoms with Crippen molar-refractivity contribution in [3.8, 4) is 5.75 Å². The van der Waals surface area contributed by atoms with Crippen LogP contribution in [0.1, 0.15) is 46.0 Å². The number of rotatable bonds is 6. The minimum Gasteiger partial charge on any atom is -0.497 e. The van der Waals surface area contributed by atoms with Gasteiger partial charge in [0.2, 0.25) is 0 Å². The van der Waals surface area contributed by atoms with Crippen molar-refractivity contribution in [3.63, 3.8) is 0 Å². The van der Waals surface area contributed by atoms with Crippen LogP contribution in [-0.4, -0.2) is 25.2 Å². The Hall–Kier alpha value is -1.55. The number of methoxy groups -OCH3 is 1. The highest BCUT2D eigenvalue weighted by Crippen LogP contribution is 2.36. The molecule has 0 saturated heterocycles. The van der Waals surface area contributed by atoms with Crippen LogP contribution >= 0.6 is 0 Å². The van der Waals surface area contributed by atoms with E-state index in [1.54, 1.807) is 7.11 Å². The van der Waals surface area contributed by atoms with E-state index in [1.165, 1.54) is 6.42 Å². The number of hydrogen-bond acceptors (Lipinski definition) is 3. The van der Waals surface area contributed by atoms with E-state index in [0.29, 0.717) is 12.5 Å². The standard InChI is InChI=1S/C18H27NO3/c1-4-12-22-18(11-5-6-14(2)13-18)17(20)19-15-7-9-16(21-3)10-8-15/h7-10,14H,4-6,11-13H2,1-3H3,(H,19,20). The lowest BCUT2D eigenvalue weighted by Crippen LogP contribution is -2.48. The van der Waals surface area contributed by atoms with Gasteiger partial charge in [0.15, 0.2) is 0 Å². The molecule has 0 bridgehead atoms. The van der Waals surface area contributed by atoms with Crippen LogP contribution < -0.4 is 10.1 Å². The van der Waals surface area contributed by atoms with Crippen molar-refractivity contribution >= 4 is 11.6 Å². The fourth-order valence-corrected chi connectivity index (χ4v) is 3.12. The Kier molecular flexibility index (Phi) is 5.83. The summed E-state index contributed by atoms with van der Waals surface area (Å²) in [6, 6.07) is 7.41. The van der Waals surface area contributed by atoms with Crippen LogP contribution in [0.3, 0.4) is 0 Å². The van der Waals surface area contributed by atoms with Crippen LogP contribution in [0.15, 0.2) is 24.3 Å². The van der Waals surface area contributed by atoms with Crippen LogP contribution in [0.25, 0.3) is 0 Å². The average Bonchev–Trinajstić information content (AvgIpc) is 2.53. The second kappa shape index (κ2) is 7.63. The fourth-order valence-electron chi connectivity index (χ4n) is 3.12. The number of ether oxygens (including phenoxy) is 2. The number of benzene rings is 1. The van der Waals surface area contributed by atoms with Crippen LogP contribution in [0, 0.1) is 5.92 Å². The van der Waals surface area contributed by atoms with Gasteiger partial charge in [-0.15, -0.1) is 0 Å². The highest BCUT2D eigenvalue weighted by Gasteiger charge is 2.42. The van der Waals surface area contributed by atoms with E-state index in [4.69, 9.17) is 9.47 Å². The maximum absolute atomic E-state index is 12.8. The Bertz CT molecular complexity index is 486. The molecule has 0 aromatic heterocycles. The fraction of sp³-hybridized carbons (Fsp3) is 0.611. The van der Waals surface area contributed by atoms with Crippen LogP contribution in [0.4, 0.5) is 5.69 Å². The molecule has 1 aliphatic rings. The number of carbonyl (C=O) groups is 1. The zero-order valence-electron chi connectivity index (χ0n) is 13.9. The molecule has 1 saturated carbocycles. The SMILES string of the molecule is CCCOC1(C(=O)Nc2ccc(OC)cc2)CCCC(C)C1. The summed E-state index contributed by atoms with van der Waals surface area (Å²) in [4.78, 5) is 12.8. The van der Waals surface area contributed by atoms with Gasteiger partial charge < -0.3 is 14.8 Å². The normalized spacial score (nSPS) is 24.8. The monoisotopic (exact) mass is 305 g/mol. The Morgan fingerprint density at radius 3 is 2.68 bits per heavy atom. The summed E-state index contributed by atoms with van der Waals surface area (Å²) in [7, 11) is 1.63. The maximum Gasteiger partial charge on any atom is 0.256 e. The third kappa shape index (κ3) is 4.01. The van der Waals surface area contributed by atoms with Crippen molar-refractivity contribution in [3.05, 3.63) is 24.3 Å². The van der Waals surface area contributed by atoms with Crippen LogP contribution in [0.5, 0.6) is 5.75 Å². The lowest BCUT2D eigenvalue weighted by molar-refractivity contribution is -0.148. The lowest BCUT2D eigenvalue weighted by Gasteiger charge is -2.38. The Labute approximate surface area is 133 Å². The molecule has 1 aromatic carbocycles. The van der Waals surface area contributed by atoms with Gasteiger partial charge in [-0.05, 0) is 55.9 Å². The molecule has 1 amide bonds. The molecule has 2 rings (SSSR count). The molecule has 122 valence electrons. The third-order valence-corrected chi connectivity index (χ3v) is 4.30. The predicted octanol–water partition coefficient (Wildman–Crippen LogP) is 4.01. The van der Waals surface area contributed by atoms with Crippen molar-refractivity contribution in [1.82, 2.24) is 0 Å². The second-order valence-electron chi connectivity index (χ2n) is 6.23. The molecule has 4 nitrogen and oxygen atoms in total. The van der Waals surface area contributed by atoms with Gasteiger partial charge in [-0.1, -0.05) is 20.3 Å². The number of amides is 1. The molecule has 1 aliphatic carbocycles. The molecule has 0 spiro atoms. The zero-order valence-corrected chi connectivity index (χ0v) is 13.9. The van der Waals surface area contributed by atoms with Crippen molar-refractivity contribution in [2.75, 3.05) is 19.0 Å². The van der Waals surface area contributed by atoms with Crippen molar-refractivity contribution in [2.24, 2.45) is 5.92 Å². The Morgan fingerprint density at radius 2 is 2.09 bits per heavy atom. The Balaban J connectivity index is 2.10. The van der Waals surface area contributed by atoms with E-state index >= 15 is 0 Å². The maximum atomic E-state index is 12.8. The molecule has 1 N–H and O–H groups in total. The van der Waals surface area contributed by atoms with Crippen LogP contribution in [-0.2, 0) is 9.53 Å². The molecular weight excluding hydrogens is 278 g/mol. The van der Waals surface area contributed by atoms with E-state index in [1.807, 2.05) is 24.3 Å². The number of anilines is 1. The van der Waals surface area contributed by atoms with Gasteiger partial charge in [0, 0.05) is 12.3 Å². The summed E-state index contributed by atoms with van der Waals surface area (Å²) >= 11 is 0. The first kappa shape index (κ1) is 16.8. The molecule has 2 unspecified atom stereocenters. The Morgan fingerprint density at radius 1 is 1.36 bits per heavy atom. The smallest absolute Gasteiger partial charge is 0.256 e. The lowest BCUT2D eigenvalue weighted by atomic mass is 9.78. The van der Waals surface area contributed by atoms with Crippen LogP contribution in [0.2, 0.25) is 0 Å². The number of nitrogens with one attached hydrogen (secondary N) is 1. The van der Waals surface area contributed by atoms with Crippen molar-refractivity contribution in [1.29, 1.82) is 0 Å². The summed E-state index contributed by atoms with van der Waals surface area (Å²) in [5.41, 5.74) is 0.108. The van der Waals surface area contributed by atoms with E-state index in [9.17, 15) is 4.79 Å². The summed E-state index contributed by atoms with van der Waals surface area (Å²) in [6.07, 6.45) is 4.74. The first-order valence-corrected chi connectivity index (χ1v) is 8.19. The quantitative estimate of drug-likeness (QED) is 0.864. The van der Waals surface area contributed by atoms with E-state index < -0.39 is 5.60 Å². The molecule has 22 heavy (non-hydrogen) atoms. The topological polar surface area (TPSA) is 47.6 Å². The molecule has 0 aliphatic heterocycles. The van der Waals surface area contributed by atoms with Gasteiger partial charge in [-0.25, -0.2) is 0 Å². The molecular formula is C18H27NO3. The average molecular weight is 305 g/mol. The van der Waals surface area contributed by atoms with Gasteiger partial charge in [0.05, 0.1) is 7.11 Å². The van der Waals surface area contributed by atoms with Crippen molar-refractivity contribution < 1.29 is 14.3 Å². The second-order valence-corrected chi connectivity index (χ2v) is 6.23.